The number of nitrogens with two attached hydrogens (primary N) is 1. The summed E-state index contributed by atoms with van der Waals surface area (Å²) in [6, 6.07) is 3.41. The van der Waals surface area contributed by atoms with Crippen LogP contribution in [0.15, 0.2) is 18.2 Å². The molecular formula is C15H21FN2O3. The summed E-state index contributed by atoms with van der Waals surface area (Å²) in [5, 5.41) is 11.5. The number of rotatable bonds is 5. The lowest BCUT2D eigenvalue weighted by Crippen LogP contribution is -2.39. The van der Waals surface area contributed by atoms with E-state index < -0.39 is 23.7 Å². The minimum absolute atomic E-state index is 0.0132. The number of amides is 1. The van der Waals surface area contributed by atoms with Gasteiger partial charge in [0.15, 0.2) is 0 Å². The molecule has 1 atom stereocenters. The van der Waals surface area contributed by atoms with Crippen molar-refractivity contribution in [2.75, 3.05) is 5.73 Å². The largest absolute Gasteiger partial charge is 0.481 e. The van der Waals surface area contributed by atoms with E-state index in [0.29, 0.717) is 6.42 Å². The third kappa shape index (κ3) is 5.41. The van der Waals surface area contributed by atoms with E-state index in [-0.39, 0.29) is 23.1 Å². The van der Waals surface area contributed by atoms with Gasteiger partial charge in [0.2, 0.25) is 0 Å². The number of hydrogen-bond donors (Lipinski definition) is 3. The van der Waals surface area contributed by atoms with Crippen molar-refractivity contribution in [2.24, 2.45) is 5.41 Å². The van der Waals surface area contributed by atoms with Gasteiger partial charge in [-0.2, -0.15) is 0 Å². The molecule has 0 heterocycles. The molecule has 1 unspecified atom stereocenters. The van der Waals surface area contributed by atoms with E-state index in [1.807, 2.05) is 20.8 Å². The zero-order valence-electron chi connectivity index (χ0n) is 12.4. The van der Waals surface area contributed by atoms with E-state index >= 15 is 0 Å². The monoisotopic (exact) mass is 296 g/mol. The van der Waals surface area contributed by atoms with Crippen molar-refractivity contribution in [2.45, 2.75) is 39.7 Å². The van der Waals surface area contributed by atoms with Crippen molar-refractivity contribution < 1.29 is 19.1 Å². The van der Waals surface area contributed by atoms with Crippen molar-refractivity contribution in [3.63, 3.8) is 0 Å². The van der Waals surface area contributed by atoms with Crippen molar-refractivity contribution in [1.82, 2.24) is 5.32 Å². The van der Waals surface area contributed by atoms with Gasteiger partial charge in [0.1, 0.15) is 5.82 Å². The summed E-state index contributed by atoms with van der Waals surface area (Å²) in [4.78, 5) is 23.0. The average molecular weight is 296 g/mol. The Morgan fingerprint density at radius 1 is 1.38 bits per heavy atom. The molecular weight excluding hydrogens is 275 g/mol. The van der Waals surface area contributed by atoms with Crippen LogP contribution in [0.2, 0.25) is 0 Å². The first-order chi connectivity index (χ1) is 9.60. The molecule has 0 aliphatic carbocycles. The number of carbonyl (C=O) groups excluding carboxylic acids is 1. The van der Waals surface area contributed by atoms with Gasteiger partial charge >= 0.3 is 5.97 Å². The first kappa shape index (κ1) is 16.9. The molecule has 0 aliphatic heterocycles. The van der Waals surface area contributed by atoms with E-state index in [4.69, 9.17) is 10.8 Å². The lowest BCUT2D eigenvalue weighted by Gasteiger charge is -2.26. The molecule has 1 aromatic carbocycles. The molecule has 6 heteroatoms. The van der Waals surface area contributed by atoms with Crippen molar-refractivity contribution in [3.05, 3.63) is 29.6 Å². The molecule has 0 fully saturated rings. The molecule has 1 aromatic rings. The Hall–Kier alpha value is -2.11. The second-order valence-corrected chi connectivity index (χ2v) is 6.23. The molecule has 0 saturated carbocycles. The predicted molar refractivity (Wildman–Crippen MR) is 78.4 cm³/mol. The first-order valence-electron chi connectivity index (χ1n) is 6.67. The second kappa shape index (κ2) is 6.56. The molecule has 0 saturated heterocycles. The lowest BCUT2D eigenvalue weighted by atomic mass is 9.87. The smallest absolute Gasteiger partial charge is 0.305 e. The van der Waals surface area contributed by atoms with Crippen LogP contribution < -0.4 is 11.1 Å². The van der Waals surface area contributed by atoms with Crippen LogP contribution >= 0.6 is 0 Å². The number of hydrogen-bond acceptors (Lipinski definition) is 3. The van der Waals surface area contributed by atoms with Crippen LogP contribution in [0.4, 0.5) is 10.1 Å². The van der Waals surface area contributed by atoms with Gasteiger partial charge in [-0.3, -0.25) is 9.59 Å². The van der Waals surface area contributed by atoms with Gasteiger partial charge in [-0.15, -0.1) is 0 Å². The fraction of sp³-hybridized carbons (Fsp3) is 0.467. The SMILES string of the molecule is CC(C)(C)CC(CC(=O)O)NC(=O)c1cccc(F)c1N. The van der Waals surface area contributed by atoms with Crippen molar-refractivity contribution in [3.8, 4) is 0 Å². The number of benzene rings is 1. The van der Waals surface area contributed by atoms with E-state index in [1.54, 1.807) is 0 Å². The maximum atomic E-state index is 13.4. The molecule has 1 amide bonds. The molecule has 5 nitrogen and oxygen atoms in total. The van der Waals surface area contributed by atoms with E-state index in [9.17, 15) is 14.0 Å². The molecule has 0 spiro atoms. The maximum Gasteiger partial charge on any atom is 0.305 e. The first-order valence-corrected chi connectivity index (χ1v) is 6.67. The van der Waals surface area contributed by atoms with Gasteiger partial charge in [0, 0.05) is 6.04 Å². The molecule has 0 bridgehead atoms. The van der Waals surface area contributed by atoms with Gasteiger partial charge < -0.3 is 16.2 Å². The highest BCUT2D eigenvalue weighted by Gasteiger charge is 2.24. The third-order valence-electron chi connectivity index (χ3n) is 2.91. The van der Waals surface area contributed by atoms with Crippen LogP contribution in [0.5, 0.6) is 0 Å². The van der Waals surface area contributed by atoms with Crippen LogP contribution in [0.25, 0.3) is 0 Å². The normalized spacial score (nSPS) is 12.8. The van der Waals surface area contributed by atoms with Gasteiger partial charge in [-0.25, -0.2) is 4.39 Å². The highest BCUT2D eigenvalue weighted by molar-refractivity contribution is 5.99. The predicted octanol–water partition coefficient (Wildman–Crippen LogP) is 2.42. The van der Waals surface area contributed by atoms with Crippen molar-refractivity contribution in [1.29, 1.82) is 0 Å². The quantitative estimate of drug-likeness (QED) is 0.727. The Morgan fingerprint density at radius 2 is 2.00 bits per heavy atom. The van der Waals surface area contributed by atoms with Crippen LogP contribution in [0.3, 0.4) is 0 Å². The standard InChI is InChI=1S/C15H21FN2O3/c1-15(2,3)8-9(7-12(19)20)18-14(21)10-5-4-6-11(16)13(10)17/h4-6,9H,7-8,17H2,1-3H3,(H,18,21)(H,19,20). The summed E-state index contributed by atoms with van der Waals surface area (Å²) in [5.41, 5.74) is 5.16. The molecule has 0 aliphatic rings. The maximum absolute atomic E-state index is 13.4. The third-order valence-corrected chi connectivity index (χ3v) is 2.91. The Kier molecular flexibility index (Phi) is 5.29. The summed E-state index contributed by atoms with van der Waals surface area (Å²) >= 11 is 0. The summed E-state index contributed by atoms with van der Waals surface area (Å²) in [6.45, 7) is 5.85. The molecule has 116 valence electrons. The van der Waals surface area contributed by atoms with E-state index in [0.717, 1.165) is 6.07 Å². The second-order valence-electron chi connectivity index (χ2n) is 6.23. The van der Waals surface area contributed by atoms with Gasteiger partial charge in [0.05, 0.1) is 17.7 Å². The van der Waals surface area contributed by atoms with Gasteiger partial charge in [-0.05, 0) is 24.0 Å². The Labute approximate surface area is 123 Å². The minimum Gasteiger partial charge on any atom is -0.481 e. The summed E-state index contributed by atoms with van der Waals surface area (Å²) < 4.78 is 13.4. The number of halogens is 1. The van der Waals surface area contributed by atoms with Crippen LogP contribution in [-0.4, -0.2) is 23.0 Å². The number of carboxylic acids is 1. The summed E-state index contributed by atoms with van der Waals surface area (Å²) in [5.74, 6) is -2.24. The molecule has 0 aromatic heterocycles. The van der Waals surface area contributed by atoms with Crippen LogP contribution in [0.1, 0.15) is 44.0 Å². The zero-order chi connectivity index (χ0) is 16.2. The highest BCUT2D eigenvalue weighted by atomic mass is 19.1. The molecule has 1 rings (SSSR count). The fourth-order valence-electron chi connectivity index (χ4n) is 2.12. The number of carbonyl (C=O) groups is 2. The highest BCUT2D eigenvalue weighted by Crippen LogP contribution is 2.23. The summed E-state index contributed by atoms with van der Waals surface area (Å²) in [7, 11) is 0. The van der Waals surface area contributed by atoms with E-state index in [2.05, 4.69) is 5.32 Å². The number of para-hydroxylation sites is 1. The zero-order valence-corrected chi connectivity index (χ0v) is 12.4. The minimum atomic E-state index is -1.00. The van der Waals surface area contributed by atoms with Crippen molar-refractivity contribution >= 4 is 17.6 Å². The molecule has 0 radical (unpaired) electrons. The van der Waals surface area contributed by atoms with Gasteiger partial charge in [0.25, 0.3) is 5.91 Å². The Balaban J connectivity index is 2.89. The average Bonchev–Trinajstić information content (AvgIpc) is 2.29. The topological polar surface area (TPSA) is 92.4 Å². The Bertz CT molecular complexity index is 538. The van der Waals surface area contributed by atoms with Crippen LogP contribution in [-0.2, 0) is 4.79 Å². The fourth-order valence-corrected chi connectivity index (χ4v) is 2.12. The van der Waals surface area contributed by atoms with Gasteiger partial charge in [-0.1, -0.05) is 26.8 Å². The van der Waals surface area contributed by atoms with Crippen LogP contribution in [0, 0.1) is 11.2 Å². The number of anilines is 1. The lowest BCUT2D eigenvalue weighted by molar-refractivity contribution is -0.137. The number of nitrogens with one attached hydrogen (secondary N) is 1. The molecule has 21 heavy (non-hydrogen) atoms. The Morgan fingerprint density at radius 3 is 2.52 bits per heavy atom. The van der Waals surface area contributed by atoms with E-state index in [1.165, 1.54) is 12.1 Å². The number of aliphatic carboxylic acids is 1. The number of nitrogen functional groups attached to an aromatic ring is 1. The molecule has 4 N–H and O–H groups in total. The number of carboxylic acid groups (broad SMARTS) is 1. The summed E-state index contributed by atoms with van der Waals surface area (Å²) in [6.07, 6.45) is 0.290.